The highest BCUT2D eigenvalue weighted by molar-refractivity contribution is 7.15. The lowest BCUT2D eigenvalue weighted by Gasteiger charge is -2.32. The molecule has 0 aliphatic carbocycles. The van der Waals surface area contributed by atoms with Crippen LogP contribution in [0, 0.1) is 5.82 Å². The molecule has 1 atom stereocenters. The van der Waals surface area contributed by atoms with Crippen molar-refractivity contribution in [3.63, 3.8) is 0 Å². The third-order valence-corrected chi connectivity index (χ3v) is 4.84. The lowest BCUT2D eigenvalue weighted by molar-refractivity contribution is -0.119. The molecule has 0 spiro atoms. The first-order chi connectivity index (χ1) is 12.1. The molecule has 1 aliphatic rings. The Kier molecular flexibility index (Phi) is 6.06. The summed E-state index contributed by atoms with van der Waals surface area (Å²) in [7, 11) is 0. The zero-order valence-corrected chi connectivity index (χ0v) is 14.9. The Labute approximate surface area is 150 Å². The van der Waals surface area contributed by atoms with Crippen LogP contribution in [0.1, 0.15) is 30.0 Å². The highest BCUT2D eigenvalue weighted by Gasteiger charge is 2.23. The molecule has 1 aromatic heterocycles. The van der Waals surface area contributed by atoms with Crippen LogP contribution in [0.15, 0.2) is 24.3 Å². The summed E-state index contributed by atoms with van der Waals surface area (Å²) >= 11 is 1.41. The van der Waals surface area contributed by atoms with E-state index in [9.17, 15) is 9.18 Å². The van der Waals surface area contributed by atoms with E-state index in [4.69, 9.17) is 4.74 Å². The summed E-state index contributed by atoms with van der Waals surface area (Å²) in [5, 5.41) is 12.3. The summed E-state index contributed by atoms with van der Waals surface area (Å²) in [6.07, 6.45) is 1.72. The Morgan fingerprint density at radius 2 is 2.20 bits per heavy atom. The van der Waals surface area contributed by atoms with Gasteiger partial charge in [-0.25, -0.2) is 4.39 Å². The molecular formula is C17H21FN4O2S. The number of aromatic nitrogens is 2. The quantitative estimate of drug-likeness (QED) is 0.853. The van der Waals surface area contributed by atoms with Crippen LogP contribution in [0.25, 0.3) is 0 Å². The minimum absolute atomic E-state index is 0.112. The number of benzene rings is 1. The zero-order chi connectivity index (χ0) is 17.6. The van der Waals surface area contributed by atoms with Gasteiger partial charge < -0.3 is 4.74 Å². The van der Waals surface area contributed by atoms with Gasteiger partial charge in [0.1, 0.15) is 10.8 Å². The van der Waals surface area contributed by atoms with Crippen LogP contribution < -0.4 is 5.32 Å². The lowest BCUT2D eigenvalue weighted by atomic mass is 10.1. The largest absolute Gasteiger partial charge is 0.371 e. The van der Waals surface area contributed by atoms with Gasteiger partial charge in [0, 0.05) is 19.5 Å². The van der Waals surface area contributed by atoms with E-state index in [0.717, 1.165) is 23.4 Å². The summed E-state index contributed by atoms with van der Waals surface area (Å²) in [5.41, 5.74) is 0.917. The Hall–Kier alpha value is -1.90. The van der Waals surface area contributed by atoms with Gasteiger partial charge in [0.15, 0.2) is 0 Å². The van der Waals surface area contributed by atoms with Gasteiger partial charge in [0.25, 0.3) is 0 Å². The number of aryl methyl sites for hydroxylation is 1. The van der Waals surface area contributed by atoms with Gasteiger partial charge in [0.05, 0.1) is 19.3 Å². The standard InChI is InChI=1S/C17H21FN4O2S/c1-2-3-16-20-21-17(25-16)19-15(23)11-22-8-9-24-14(10-22)12-4-6-13(18)7-5-12/h4-7,14H,2-3,8-11H2,1H3,(H,19,21,23)/t14-/m1/s1. The van der Waals surface area contributed by atoms with E-state index in [0.29, 0.717) is 24.8 Å². The minimum Gasteiger partial charge on any atom is -0.371 e. The molecule has 0 radical (unpaired) electrons. The number of nitrogens with zero attached hydrogens (tertiary/aromatic N) is 3. The van der Waals surface area contributed by atoms with Crippen molar-refractivity contribution in [2.24, 2.45) is 0 Å². The normalized spacial score (nSPS) is 18.2. The first kappa shape index (κ1) is 17.9. The minimum atomic E-state index is -0.268. The molecule has 0 unspecified atom stereocenters. The van der Waals surface area contributed by atoms with Crippen molar-refractivity contribution in [1.29, 1.82) is 0 Å². The highest BCUT2D eigenvalue weighted by Crippen LogP contribution is 2.22. The fourth-order valence-electron chi connectivity index (χ4n) is 2.71. The van der Waals surface area contributed by atoms with Crippen LogP contribution in [0.4, 0.5) is 9.52 Å². The van der Waals surface area contributed by atoms with Gasteiger partial charge >= 0.3 is 0 Å². The van der Waals surface area contributed by atoms with Crippen LogP contribution in [0.5, 0.6) is 0 Å². The fourth-order valence-corrected chi connectivity index (χ4v) is 3.56. The molecule has 1 fully saturated rings. The second-order valence-electron chi connectivity index (χ2n) is 5.95. The predicted octanol–water partition coefficient (Wildman–Crippen LogP) is 2.64. The number of amides is 1. The maximum Gasteiger partial charge on any atom is 0.240 e. The predicted molar refractivity (Wildman–Crippen MR) is 94.1 cm³/mol. The SMILES string of the molecule is CCCc1nnc(NC(=O)CN2CCO[C@@H](c3ccc(F)cc3)C2)s1. The van der Waals surface area contributed by atoms with Gasteiger partial charge in [-0.2, -0.15) is 0 Å². The van der Waals surface area contributed by atoms with E-state index in [1.165, 1.54) is 23.5 Å². The molecule has 1 amide bonds. The molecule has 1 saturated heterocycles. The van der Waals surface area contributed by atoms with Gasteiger partial charge in [-0.3, -0.25) is 15.0 Å². The number of nitrogens with one attached hydrogen (secondary N) is 1. The second kappa shape index (κ2) is 8.46. The molecule has 1 aromatic carbocycles. The Bertz CT molecular complexity index is 707. The second-order valence-corrected chi connectivity index (χ2v) is 7.01. The van der Waals surface area contributed by atoms with Crippen LogP contribution in [0.2, 0.25) is 0 Å². The molecule has 1 aliphatic heterocycles. The molecule has 3 rings (SSSR count). The molecular weight excluding hydrogens is 343 g/mol. The fraction of sp³-hybridized carbons (Fsp3) is 0.471. The summed E-state index contributed by atoms with van der Waals surface area (Å²) in [6, 6.07) is 6.29. The average molecular weight is 364 g/mol. The van der Waals surface area contributed by atoms with E-state index >= 15 is 0 Å². The molecule has 0 bridgehead atoms. The Morgan fingerprint density at radius 3 is 2.96 bits per heavy atom. The number of halogens is 1. The van der Waals surface area contributed by atoms with Gasteiger partial charge in [-0.1, -0.05) is 30.4 Å². The van der Waals surface area contributed by atoms with E-state index in [2.05, 4.69) is 22.4 Å². The molecule has 0 saturated carbocycles. The van der Waals surface area contributed by atoms with Crippen LogP contribution >= 0.6 is 11.3 Å². The number of carbonyl (C=O) groups is 1. The summed E-state index contributed by atoms with van der Waals surface area (Å²) in [6.45, 7) is 4.16. The van der Waals surface area contributed by atoms with Gasteiger partial charge in [-0.05, 0) is 24.1 Å². The van der Waals surface area contributed by atoms with E-state index in [-0.39, 0.29) is 24.4 Å². The Morgan fingerprint density at radius 1 is 1.40 bits per heavy atom. The van der Waals surface area contributed by atoms with E-state index < -0.39 is 0 Å². The maximum atomic E-state index is 13.0. The number of hydrogen-bond acceptors (Lipinski definition) is 6. The summed E-state index contributed by atoms with van der Waals surface area (Å²) in [5.74, 6) is -0.380. The number of carbonyl (C=O) groups excluding carboxylic acids is 1. The summed E-state index contributed by atoms with van der Waals surface area (Å²) in [4.78, 5) is 14.3. The van der Waals surface area contributed by atoms with Crippen molar-refractivity contribution < 1.29 is 13.9 Å². The van der Waals surface area contributed by atoms with Crippen LogP contribution in [-0.2, 0) is 16.0 Å². The number of ether oxygens (including phenoxy) is 1. The summed E-state index contributed by atoms with van der Waals surface area (Å²) < 4.78 is 18.8. The van der Waals surface area contributed by atoms with Crippen LogP contribution in [-0.4, -0.2) is 47.2 Å². The lowest BCUT2D eigenvalue weighted by Crippen LogP contribution is -2.42. The number of rotatable bonds is 6. The van der Waals surface area contributed by atoms with Crippen molar-refractivity contribution in [3.05, 3.63) is 40.7 Å². The molecule has 134 valence electrons. The highest BCUT2D eigenvalue weighted by atomic mass is 32.1. The van der Waals surface area contributed by atoms with Crippen molar-refractivity contribution >= 4 is 22.4 Å². The third kappa shape index (κ3) is 5.04. The topological polar surface area (TPSA) is 67.4 Å². The first-order valence-corrected chi connectivity index (χ1v) is 9.17. The van der Waals surface area contributed by atoms with Gasteiger partial charge in [0.2, 0.25) is 11.0 Å². The smallest absolute Gasteiger partial charge is 0.240 e. The van der Waals surface area contributed by atoms with Crippen molar-refractivity contribution in [3.8, 4) is 0 Å². The van der Waals surface area contributed by atoms with Gasteiger partial charge in [-0.15, -0.1) is 10.2 Å². The van der Waals surface area contributed by atoms with Crippen molar-refractivity contribution in [2.45, 2.75) is 25.9 Å². The Balaban J connectivity index is 1.52. The molecule has 2 heterocycles. The van der Waals surface area contributed by atoms with Crippen molar-refractivity contribution in [1.82, 2.24) is 15.1 Å². The number of morpholine rings is 1. The van der Waals surface area contributed by atoms with E-state index in [1.807, 2.05) is 4.90 Å². The molecule has 2 aromatic rings. The zero-order valence-electron chi connectivity index (χ0n) is 14.1. The maximum absolute atomic E-state index is 13.0. The molecule has 8 heteroatoms. The van der Waals surface area contributed by atoms with E-state index in [1.54, 1.807) is 12.1 Å². The molecule has 6 nitrogen and oxygen atoms in total. The van der Waals surface area contributed by atoms with Crippen LogP contribution in [0.3, 0.4) is 0 Å². The van der Waals surface area contributed by atoms with Crippen molar-refractivity contribution in [2.75, 3.05) is 31.6 Å². The average Bonchev–Trinajstić information content (AvgIpc) is 3.03. The number of hydrogen-bond donors (Lipinski definition) is 1. The molecule has 1 N–H and O–H groups in total. The third-order valence-electron chi connectivity index (χ3n) is 3.94. The first-order valence-electron chi connectivity index (χ1n) is 8.35. The number of anilines is 1. The monoisotopic (exact) mass is 364 g/mol. The molecule has 25 heavy (non-hydrogen) atoms.